The maximum Gasteiger partial charge on any atom is 0.419 e. The average Bonchev–Trinajstić information content (AvgIpc) is 2.07. The van der Waals surface area contributed by atoms with Gasteiger partial charge in [0.15, 0.2) is 6.17 Å². The fourth-order valence-electron chi connectivity index (χ4n) is 0.973. The van der Waals surface area contributed by atoms with Crippen molar-refractivity contribution in [3.05, 3.63) is 34.3 Å². The van der Waals surface area contributed by atoms with Crippen LogP contribution in [0.4, 0.5) is 17.6 Å². The maximum atomic E-state index is 12.6. The van der Waals surface area contributed by atoms with Gasteiger partial charge in [-0.2, -0.15) is 13.2 Å². The number of hydrogen-bond donors (Lipinski definition) is 0. The zero-order valence-electron chi connectivity index (χ0n) is 6.98. The zero-order valence-corrected chi connectivity index (χ0v) is 8.57. The van der Waals surface area contributed by atoms with Crippen LogP contribution in [-0.4, -0.2) is 12.3 Å². The Morgan fingerprint density at radius 1 is 1.21 bits per heavy atom. The van der Waals surface area contributed by atoms with E-state index >= 15 is 0 Å². The molecule has 0 amide bonds. The molecule has 1 rings (SSSR count). The van der Waals surface area contributed by atoms with Gasteiger partial charge in [-0.1, -0.05) is 34.1 Å². The van der Waals surface area contributed by atoms with Crippen molar-refractivity contribution in [2.45, 2.75) is 18.8 Å². The highest BCUT2D eigenvalue weighted by Crippen LogP contribution is 2.28. The number of alkyl halides is 4. The van der Waals surface area contributed by atoms with Crippen molar-refractivity contribution >= 4 is 15.9 Å². The van der Waals surface area contributed by atoms with Crippen molar-refractivity contribution in [1.29, 1.82) is 0 Å². The summed E-state index contributed by atoms with van der Waals surface area (Å²) in [7, 11) is 0. The van der Waals surface area contributed by atoms with Crippen molar-refractivity contribution in [1.82, 2.24) is 0 Å². The van der Waals surface area contributed by atoms with E-state index in [1.165, 1.54) is 6.07 Å². The lowest BCUT2D eigenvalue weighted by atomic mass is 10.1. The lowest BCUT2D eigenvalue weighted by Crippen LogP contribution is -2.26. The first-order valence-electron chi connectivity index (χ1n) is 3.85. The summed E-state index contributed by atoms with van der Waals surface area (Å²) in [4.78, 5) is 0. The average molecular weight is 271 g/mol. The second-order valence-corrected chi connectivity index (χ2v) is 3.66. The van der Waals surface area contributed by atoms with Crippen LogP contribution in [0.3, 0.4) is 0 Å². The van der Waals surface area contributed by atoms with Crippen LogP contribution >= 0.6 is 15.9 Å². The molecule has 1 aromatic carbocycles. The first-order valence-corrected chi connectivity index (χ1v) is 4.64. The molecule has 0 spiro atoms. The number of rotatable bonds is 2. The highest BCUT2D eigenvalue weighted by molar-refractivity contribution is 9.10. The van der Waals surface area contributed by atoms with Gasteiger partial charge in [-0.3, -0.25) is 0 Å². The molecule has 14 heavy (non-hydrogen) atoms. The normalized spacial score (nSPS) is 14.1. The minimum absolute atomic E-state index is 0.317. The molecule has 0 aliphatic rings. The SMILES string of the molecule is FC(Cc1ccccc1Br)C(F)(F)F. The van der Waals surface area contributed by atoms with Gasteiger partial charge >= 0.3 is 6.18 Å². The summed E-state index contributed by atoms with van der Waals surface area (Å²) in [5.74, 6) is 0. The Bertz CT molecular complexity index is 308. The monoisotopic (exact) mass is 270 g/mol. The molecule has 0 nitrogen and oxygen atoms in total. The summed E-state index contributed by atoms with van der Waals surface area (Å²) in [5, 5.41) is 0. The predicted octanol–water partition coefficient (Wildman–Crippen LogP) is 3.89. The van der Waals surface area contributed by atoms with Crippen LogP contribution in [0.5, 0.6) is 0 Å². The molecular formula is C9H7BrF4. The molecule has 78 valence electrons. The fourth-order valence-corrected chi connectivity index (χ4v) is 1.42. The molecule has 5 heteroatoms. The van der Waals surface area contributed by atoms with Crippen molar-refractivity contribution in [2.75, 3.05) is 0 Å². The summed E-state index contributed by atoms with van der Waals surface area (Å²) in [6.45, 7) is 0. The van der Waals surface area contributed by atoms with E-state index in [2.05, 4.69) is 15.9 Å². The summed E-state index contributed by atoms with van der Waals surface area (Å²) >= 11 is 3.06. The van der Waals surface area contributed by atoms with Crippen LogP contribution in [0, 0.1) is 0 Å². The van der Waals surface area contributed by atoms with Crippen molar-refractivity contribution in [3.8, 4) is 0 Å². The molecular weight excluding hydrogens is 264 g/mol. The van der Waals surface area contributed by atoms with Crippen LogP contribution in [0.25, 0.3) is 0 Å². The Balaban J connectivity index is 2.75. The standard InChI is InChI=1S/C9H7BrF4/c10-7-4-2-1-3-6(7)5-8(11)9(12,13)14/h1-4,8H,5H2. The van der Waals surface area contributed by atoms with E-state index in [0.717, 1.165) is 0 Å². The molecule has 0 heterocycles. The highest BCUT2D eigenvalue weighted by atomic mass is 79.9. The molecule has 0 fully saturated rings. The van der Waals surface area contributed by atoms with E-state index in [-0.39, 0.29) is 0 Å². The van der Waals surface area contributed by atoms with Gasteiger partial charge in [0.25, 0.3) is 0 Å². The second-order valence-electron chi connectivity index (χ2n) is 2.80. The molecule has 0 bridgehead atoms. The van der Waals surface area contributed by atoms with Gasteiger partial charge in [0.05, 0.1) is 0 Å². The first-order chi connectivity index (χ1) is 6.41. The second kappa shape index (κ2) is 4.29. The molecule has 0 N–H and O–H groups in total. The molecule has 0 radical (unpaired) electrons. The zero-order chi connectivity index (χ0) is 10.8. The van der Waals surface area contributed by atoms with Crippen LogP contribution in [-0.2, 0) is 6.42 Å². The molecule has 0 aliphatic heterocycles. The minimum Gasteiger partial charge on any atom is -0.237 e. The number of hydrogen-bond acceptors (Lipinski definition) is 0. The van der Waals surface area contributed by atoms with E-state index in [1.807, 2.05) is 0 Å². The molecule has 0 saturated heterocycles. The maximum absolute atomic E-state index is 12.6. The van der Waals surface area contributed by atoms with Crippen LogP contribution < -0.4 is 0 Å². The lowest BCUT2D eigenvalue weighted by Gasteiger charge is -2.12. The van der Waals surface area contributed by atoms with Crippen molar-refractivity contribution < 1.29 is 17.6 Å². The van der Waals surface area contributed by atoms with E-state index in [9.17, 15) is 17.6 Å². The third kappa shape index (κ3) is 2.97. The van der Waals surface area contributed by atoms with Gasteiger partial charge in [-0.15, -0.1) is 0 Å². The van der Waals surface area contributed by atoms with E-state index < -0.39 is 18.8 Å². The fraction of sp³-hybridized carbons (Fsp3) is 0.333. The van der Waals surface area contributed by atoms with Gasteiger partial charge in [0.2, 0.25) is 0 Å². The van der Waals surface area contributed by atoms with Crippen LogP contribution in [0.1, 0.15) is 5.56 Å². The highest BCUT2D eigenvalue weighted by Gasteiger charge is 2.40. The van der Waals surface area contributed by atoms with E-state index in [0.29, 0.717) is 10.0 Å². The smallest absolute Gasteiger partial charge is 0.237 e. The largest absolute Gasteiger partial charge is 0.419 e. The molecule has 0 aromatic heterocycles. The molecule has 0 aliphatic carbocycles. The summed E-state index contributed by atoms with van der Waals surface area (Å²) in [6.07, 6.45) is -8.23. The van der Waals surface area contributed by atoms with Crippen LogP contribution in [0.2, 0.25) is 0 Å². The Kier molecular flexibility index (Phi) is 3.53. The Hall–Kier alpha value is -0.580. The molecule has 1 unspecified atom stereocenters. The Morgan fingerprint density at radius 2 is 1.79 bits per heavy atom. The third-order valence-electron chi connectivity index (χ3n) is 1.71. The Morgan fingerprint density at radius 3 is 2.29 bits per heavy atom. The van der Waals surface area contributed by atoms with Gasteiger partial charge < -0.3 is 0 Å². The predicted molar refractivity (Wildman–Crippen MR) is 48.8 cm³/mol. The van der Waals surface area contributed by atoms with E-state index in [4.69, 9.17) is 0 Å². The van der Waals surface area contributed by atoms with E-state index in [1.54, 1.807) is 18.2 Å². The molecule has 0 saturated carbocycles. The topological polar surface area (TPSA) is 0 Å². The van der Waals surface area contributed by atoms with Crippen molar-refractivity contribution in [2.24, 2.45) is 0 Å². The Labute approximate surface area is 87.1 Å². The summed E-state index contributed by atoms with van der Waals surface area (Å²) in [5.41, 5.74) is 0.317. The quantitative estimate of drug-likeness (QED) is 0.716. The van der Waals surface area contributed by atoms with Gasteiger partial charge in [0, 0.05) is 10.9 Å². The summed E-state index contributed by atoms with van der Waals surface area (Å²) < 4.78 is 48.8. The van der Waals surface area contributed by atoms with Gasteiger partial charge in [0.1, 0.15) is 0 Å². The van der Waals surface area contributed by atoms with Crippen molar-refractivity contribution in [3.63, 3.8) is 0 Å². The third-order valence-corrected chi connectivity index (χ3v) is 2.49. The van der Waals surface area contributed by atoms with Crippen LogP contribution in [0.15, 0.2) is 28.7 Å². The molecule has 1 aromatic rings. The minimum atomic E-state index is -4.78. The van der Waals surface area contributed by atoms with Gasteiger partial charge in [-0.05, 0) is 11.6 Å². The first kappa shape index (κ1) is 11.5. The molecule has 1 atom stereocenters. The summed E-state index contributed by atoms with van der Waals surface area (Å²) in [6, 6.07) is 6.28. The number of benzene rings is 1. The van der Waals surface area contributed by atoms with Gasteiger partial charge in [-0.25, -0.2) is 4.39 Å². The lowest BCUT2D eigenvalue weighted by molar-refractivity contribution is -0.179. The number of halogens is 5.